The first-order valence-corrected chi connectivity index (χ1v) is 6.13. The van der Waals surface area contributed by atoms with Gasteiger partial charge in [-0.05, 0) is 25.9 Å². The number of hydrogen-bond acceptors (Lipinski definition) is 5. The fourth-order valence-corrected chi connectivity index (χ4v) is 2.64. The lowest BCUT2D eigenvalue weighted by Crippen LogP contribution is -2.38. The molecular formula is C12H20N4O2. The third-order valence-corrected chi connectivity index (χ3v) is 3.63. The minimum atomic E-state index is -0.480. The molecule has 1 fully saturated rings. The summed E-state index contributed by atoms with van der Waals surface area (Å²) in [5.74, 6) is 0.404. The summed E-state index contributed by atoms with van der Waals surface area (Å²) in [5, 5.41) is 0. The van der Waals surface area contributed by atoms with Crippen molar-refractivity contribution < 1.29 is 9.53 Å². The number of nitrogens with two attached hydrogens (primary N) is 1. The van der Waals surface area contributed by atoms with Crippen molar-refractivity contribution in [1.29, 1.82) is 0 Å². The van der Waals surface area contributed by atoms with Gasteiger partial charge in [-0.3, -0.25) is 0 Å². The molecule has 6 heteroatoms. The molecule has 1 saturated heterocycles. The van der Waals surface area contributed by atoms with Crippen LogP contribution in [0.15, 0.2) is 6.33 Å². The largest absolute Gasteiger partial charge is 0.464 e. The summed E-state index contributed by atoms with van der Waals surface area (Å²) in [6.45, 7) is 4.24. The number of piperidine rings is 1. The number of carbonyl (C=O) groups is 1. The van der Waals surface area contributed by atoms with Crippen LogP contribution in [-0.2, 0) is 4.74 Å². The second-order valence-corrected chi connectivity index (χ2v) is 4.97. The second-order valence-electron chi connectivity index (χ2n) is 4.97. The number of anilines is 1. The molecule has 100 valence electrons. The number of esters is 1. The van der Waals surface area contributed by atoms with Gasteiger partial charge in [0.05, 0.1) is 13.4 Å². The zero-order valence-corrected chi connectivity index (χ0v) is 11.1. The number of imidazole rings is 1. The molecule has 18 heavy (non-hydrogen) atoms. The Bertz CT molecular complexity index is 443. The fraction of sp³-hybridized carbons (Fsp3) is 0.667. The van der Waals surface area contributed by atoms with E-state index in [9.17, 15) is 4.79 Å². The molecule has 2 unspecified atom stereocenters. The van der Waals surface area contributed by atoms with Gasteiger partial charge in [-0.25, -0.2) is 9.78 Å². The molecule has 0 aliphatic carbocycles. The normalized spacial score (nSPS) is 25.1. The van der Waals surface area contributed by atoms with Crippen molar-refractivity contribution in [2.75, 3.05) is 33.0 Å². The predicted octanol–water partition coefficient (Wildman–Crippen LogP) is 0.765. The van der Waals surface area contributed by atoms with Gasteiger partial charge in [0.15, 0.2) is 5.69 Å². The summed E-state index contributed by atoms with van der Waals surface area (Å²) in [6, 6.07) is 0.298. The van der Waals surface area contributed by atoms with Crippen LogP contribution in [0, 0.1) is 5.92 Å². The second kappa shape index (κ2) is 4.97. The Balaban J connectivity index is 2.24. The molecule has 2 heterocycles. The summed E-state index contributed by atoms with van der Waals surface area (Å²) in [7, 11) is 3.45. The van der Waals surface area contributed by atoms with Crippen molar-refractivity contribution in [2.24, 2.45) is 5.92 Å². The van der Waals surface area contributed by atoms with Crippen LogP contribution in [0.25, 0.3) is 0 Å². The molecule has 1 aliphatic heterocycles. The van der Waals surface area contributed by atoms with E-state index in [1.165, 1.54) is 7.11 Å². The summed E-state index contributed by atoms with van der Waals surface area (Å²) in [4.78, 5) is 17.8. The van der Waals surface area contributed by atoms with E-state index >= 15 is 0 Å². The smallest absolute Gasteiger partial charge is 0.360 e. The number of nitrogen functional groups attached to an aromatic ring is 1. The maximum Gasteiger partial charge on any atom is 0.360 e. The van der Waals surface area contributed by atoms with Gasteiger partial charge in [-0.2, -0.15) is 0 Å². The highest BCUT2D eigenvalue weighted by atomic mass is 16.5. The molecule has 0 aromatic carbocycles. The van der Waals surface area contributed by atoms with Crippen molar-refractivity contribution in [3.63, 3.8) is 0 Å². The molecule has 1 aromatic rings. The van der Waals surface area contributed by atoms with Gasteiger partial charge in [0.1, 0.15) is 5.82 Å². The lowest BCUT2D eigenvalue weighted by molar-refractivity contribution is 0.0595. The number of ether oxygens (including phenoxy) is 1. The van der Waals surface area contributed by atoms with Crippen molar-refractivity contribution in [1.82, 2.24) is 14.5 Å². The first-order valence-electron chi connectivity index (χ1n) is 6.13. The standard InChI is InChI=1S/C12H20N4O2/c1-8-6-15(2)5-4-9(8)16-7-14-10(11(16)13)12(17)18-3/h7-9H,4-6,13H2,1-3H3. The Kier molecular flexibility index (Phi) is 3.56. The SMILES string of the molecule is COC(=O)c1ncn(C2CCN(C)CC2C)c1N. The monoisotopic (exact) mass is 252 g/mol. The third-order valence-electron chi connectivity index (χ3n) is 3.63. The highest BCUT2D eigenvalue weighted by Gasteiger charge is 2.28. The molecule has 1 aromatic heterocycles. The fourth-order valence-electron chi connectivity index (χ4n) is 2.64. The van der Waals surface area contributed by atoms with Gasteiger partial charge < -0.3 is 19.9 Å². The van der Waals surface area contributed by atoms with E-state index in [0.717, 1.165) is 19.5 Å². The molecule has 0 spiro atoms. The molecule has 6 nitrogen and oxygen atoms in total. The predicted molar refractivity (Wildman–Crippen MR) is 68.3 cm³/mol. The van der Waals surface area contributed by atoms with Gasteiger partial charge in [0, 0.05) is 12.6 Å². The quantitative estimate of drug-likeness (QED) is 0.787. The molecule has 2 atom stereocenters. The Morgan fingerprint density at radius 2 is 2.33 bits per heavy atom. The van der Waals surface area contributed by atoms with E-state index in [1.54, 1.807) is 6.33 Å². The van der Waals surface area contributed by atoms with Gasteiger partial charge in [0.25, 0.3) is 0 Å². The number of methoxy groups -OCH3 is 1. The molecule has 2 N–H and O–H groups in total. The minimum absolute atomic E-state index is 0.212. The lowest BCUT2D eigenvalue weighted by Gasteiger charge is -2.35. The highest BCUT2D eigenvalue weighted by molar-refractivity contribution is 5.92. The maximum absolute atomic E-state index is 11.5. The summed E-state index contributed by atoms with van der Waals surface area (Å²) in [6.07, 6.45) is 2.66. The van der Waals surface area contributed by atoms with E-state index in [-0.39, 0.29) is 5.69 Å². The van der Waals surface area contributed by atoms with E-state index in [2.05, 4.69) is 28.6 Å². The average Bonchev–Trinajstić information content (AvgIpc) is 2.70. The Labute approximate surface area is 107 Å². The number of aromatic nitrogens is 2. The van der Waals surface area contributed by atoms with Crippen molar-refractivity contribution >= 4 is 11.8 Å². The van der Waals surface area contributed by atoms with Crippen LogP contribution in [0.2, 0.25) is 0 Å². The average molecular weight is 252 g/mol. The van der Waals surface area contributed by atoms with Crippen LogP contribution >= 0.6 is 0 Å². The highest BCUT2D eigenvalue weighted by Crippen LogP contribution is 2.30. The van der Waals surface area contributed by atoms with E-state index in [4.69, 9.17) is 5.73 Å². The molecule has 0 saturated carbocycles. The zero-order valence-electron chi connectivity index (χ0n) is 11.1. The van der Waals surface area contributed by atoms with Gasteiger partial charge in [-0.1, -0.05) is 6.92 Å². The van der Waals surface area contributed by atoms with Gasteiger partial charge in [-0.15, -0.1) is 0 Å². The first-order chi connectivity index (χ1) is 8.54. The Morgan fingerprint density at radius 1 is 1.61 bits per heavy atom. The molecule has 0 amide bonds. The van der Waals surface area contributed by atoms with Crippen LogP contribution in [0.5, 0.6) is 0 Å². The Hall–Kier alpha value is -1.56. The van der Waals surface area contributed by atoms with Crippen LogP contribution in [0.1, 0.15) is 29.9 Å². The van der Waals surface area contributed by atoms with E-state index in [1.807, 2.05) is 4.57 Å². The first kappa shape index (κ1) is 12.9. The molecular weight excluding hydrogens is 232 g/mol. The Morgan fingerprint density at radius 3 is 2.94 bits per heavy atom. The number of hydrogen-bond donors (Lipinski definition) is 1. The van der Waals surface area contributed by atoms with Crippen molar-refractivity contribution in [2.45, 2.75) is 19.4 Å². The lowest BCUT2D eigenvalue weighted by atomic mass is 9.94. The molecule has 1 aliphatic rings. The summed E-state index contributed by atoms with van der Waals surface area (Å²) < 4.78 is 6.57. The van der Waals surface area contributed by atoms with E-state index in [0.29, 0.717) is 17.8 Å². The zero-order chi connectivity index (χ0) is 13.3. The molecule has 0 bridgehead atoms. The number of carbonyl (C=O) groups excluding carboxylic acids is 1. The van der Waals surface area contributed by atoms with Crippen molar-refractivity contribution in [3.05, 3.63) is 12.0 Å². The maximum atomic E-state index is 11.5. The summed E-state index contributed by atoms with van der Waals surface area (Å²) in [5.41, 5.74) is 6.21. The topological polar surface area (TPSA) is 73.4 Å². The molecule has 2 rings (SSSR count). The number of nitrogens with zero attached hydrogens (tertiary/aromatic N) is 3. The summed E-state index contributed by atoms with van der Waals surface area (Å²) >= 11 is 0. The number of rotatable bonds is 2. The van der Waals surface area contributed by atoms with Crippen LogP contribution in [-0.4, -0.2) is 47.7 Å². The van der Waals surface area contributed by atoms with E-state index < -0.39 is 5.97 Å². The van der Waals surface area contributed by atoms with Crippen molar-refractivity contribution in [3.8, 4) is 0 Å². The van der Waals surface area contributed by atoms with Crippen LogP contribution in [0.4, 0.5) is 5.82 Å². The van der Waals surface area contributed by atoms with Gasteiger partial charge >= 0.3 is 5.97 Å². The number of likely N-dealkylation sites (tertiary alicyclic amines) is 1. The molecule has 0 radical (unpaired) electrons. The van der Waals surface area contributed by atoms with Crippen LogP contribution in [0.3, 0.4) is 0 Å². The van der Waals surface area contributed by atoms with Gasteiger partial charge in [0.2, 0.25) is 0 Å². The minimum Gasteiger partial charge on any atom is -0.464 e. The van der Waals surface area contributed by atoms with Crippen LogP contribution < -0.4 is 5.73 Å². The third kappa shape index (κ3) is 2.20.